The second-order valence-corrected chi connectivity index (χ2v) is 13.9. The predicted molar refractivity (Wildman–Crippen MR) is 187 cm³/mol. The van der Waals surface area contributed by atoms with E-state index in [1.165, 1.54) is 0 Å². The summed E-state index contributed by atoms with van der Waals surface area (Å²) in [4.78, 5) is 48.1. The number of nitrogens with zero attached hydrogens (tertiary/aromatic N) is 4. The summed E-state index contributed by atoms with van der Waals surface area (Å²) in [6.45, 7) is 11.3. The first kappa shape index (κ1) is 33.6. The van der Waals surface area contributed by atoms with Gasteiger partial charge in [0.1, 0.15) is 6.04 Å². The van der Waals surface area contributed by atoms with Crippen LogP contribution in [-0.4, -0.2) is 76.8 Å². The molecule has 0 spiro atoms. The van der Waals surface area contributed by atoms with E-state index in [9.17, 15) is 14.4 Å². The zero-order chi connectivity index (χ0) is 34.1. The number of amides is 3. The third kappa shape index (κ3) is 6.55. The molecule has 0 saturated carbocycles. The fraction of sp³-hybridized carbons (Fsp3) is 0.500. The first-order chi connectivity index (χ1) is 23.1. The topological polar surface area (TPSA) is 117 Å². The molecule has 48 heavy (non-hydrogen) atoms. The van der Waals surface area contributed by atoms with Crippen LogP contribution in [0.15, 0.2) is 58.2 Å². The van der Waals surface area contributed by atoms with Gasteiger partial charge in [0.25, 0.3) is 0 Å². The molecule has 3 aliphatic heterocycles. The van der Waals surface area contributed by atoms with Crippen molar-refractivity contribution in [2.75, 3.05) is 25.5 Å². The minimum Gasteiger partial charge on any atom is -0.381 e. The highest BCUT2D eigenvalue weighted by atomic mass is 16.5. The van der Waals surface area contributed by atoms with E-state index in [0.29, 0.717) is 35.7 Å². The number of carbonyl (C=O) groups is 3. The van der Waals surface area contributed by atoms with Crippen LogP contribution in [0.5, 0.6) is 0 Å². The van der Waals surface area contributed by atoms with Crippen molar-refractivity contribution in [1.82, 2.24) is 15.0 Å². The van der Waals surface area contributed by atoms with Gasteiger partial charge in [0, 0.05) is 44.4 Å². The minimum absolute atomic E-state index is 0.00776. The lowest BCUT2D eigenvalue weighted by Crippen LogP contribution is -2.47. The van der Waals surface area contributed by atoms with Gasteiger partial charge < -0.3 is 24.4 Å². The molecular formula is C38H47N5O5. The van der Waals surface area contributed by atoms with Crippen molar-refractivity contribution in [1.29, 1.82) is 0 Å². The van der Waals surface area contributed by atoms with Crippen LogP contribution >= 0.6 is 0 Å². The third-order valence-electron chi connectivity index (χ3n) is 10.7. The van der Waals surface area contributed by atoms with E-state index in [2.05, 4.69) is 53.5 Å². The van der Waals surface area contributed by atoms with Gasteiger partial charge >= 0.3 is 0 Å². The monoisotopic (exact) mass is 653 g/mol. The molecule has 10 nitrogen and oxygen atoms in total. The van der Waals surface area contributed by atoms with E-state index in [0.717, 1.165) is 60.2 Å². The second kappa shape index (κ2) is 14.0. The van der Waals surface area contributed by atoms with Gasteiger partial charge in [0.05, 0.1) is 23.4 Å². The molecule has 2 saturated heterocycles. The van der Waals surface area contributed by atoms with Crippen molar-refractivity contribution in [3.05, 3.63) is 54.2 Å². The Hall–Kier alpha value is -4.31. The molecule has 3 amide bonds. The quantitative estimate of drug-likeness (QED) is 0.265. The van der Waals surface area contributed by atoms with Crippen molar-refractivity contribution in [3.8, 4) is 11.1 Å². The molecule has 1 N–H and O–H groups in total. The summed E-state index contributed by atoms with van der Waals surface area (Å²) >= 11 is 0. The predicted octanol–water partition coefficient (Wildman–Crippen LogP) is 6.56. The number of aromatic nitrogens is 1. The molecule has 3 aliphatic rings. The maximum Gasteiger partial charge on any atom is 0.248 e. The molecule has 3 aromatic rings. The van der Waals surface area contributed by atoms with Crippen LogP contribution in [0.4, 0.5) is 5.82 Å². The van der Waals surface area contributed by atoms with Crippen LogP contribution in [0.25, 0.3) is 27.7 Å². The number of benzene rings is 2. The molecule has 0 unspecified atom stereocenters. The number of methoxy groups -OCH3 is 1. The van der Waals surface area contributed by atoms with Crippen molar-refractivity contribution in [2.24, 2.45) is 22.7 Å². The molecule has 0 bridgehead atoms. The van der Waals surface area contributed by atoms with E-state index in [-0.39, 0.29) is 41.7 Å². The zero-order valence-corrected chi connectivity index (χ0v) is 28.9. The Kier molecular flexibility index (Phi) is 9.83. The number of fused-ring (bicyclic) bond motifs is 1. The highest BCUT2D eigenvalue weighted by molar-refractivity contribution is 6.04. The molecule has 2 aromatic carbocycles. The largest absolute Gasteiger partial charge is 0.381 e. The Bertz CT molecular complexity index is 1740. The van der Waals surface area contributed by atoms with E-state index in [4.69, 9.17) is 14.3 Å². The fourth-order valence-electron chi connectivity index (χ4n) is 7.00. The van der Waals surface area contributed by atoms with Gasteiger partial charge in [-0.3, -0.25) is 19.4 Å². The summed E-state index contributed by atoms with van der Waals surface area (Å²) in [6.07, 6.45) is 5.82. The molecule has 0 radical (unpaired) electrons. The first-order valence-corrected chi connectivity index (χ1v) is 17.3. The van der Waals surface area contributed by atoms with Crippen LogP contribution in [0.1, 0.15) is 72.3 Å². The number of anilines is 1. The molecule has 4 heterocycles. The number of aliphatic imine (C=N–C) groups is 1. The summed E-state index contributed by atoms with van der Waals surface area (Å²) in [6, 6.07) is 13.7. The number of likely N-dealkylation sites (tertiary alicyclic amines) is 2. The number of rotatable bonds is 10. The van der Waals surface area contributed by atoms with Gasteiger partial charge in [0.2, 0.25) is 17.7 Å². The number of carbonyl (C=O) groups excluding carboxylic acids is 3. The van der Waals surface area contributed by atoms with Gasteiger partial charge in [-0.2, -0.15) is 0 Å². The van der Waals surface area contributed by atoms with Gasteiger partial charge in [-0.25, -0.2) is 0 Å². The van der Waals surface area contributed by atoms with Crippen LogP contribution in [0.3, 0.4) is 0 Å². The van der Waals surface area contributed by atoms with Gasteiger partial charge in [-0.05, 0) is 72.9 Å². The number of ether oxygens (including phenoxy) is 1. The number of nitrogens with one attached hydrogen (secondary N) is 1. The molecule has 10 heteroatoms. The van der Waals surface area contributed by atoms with E-state index >= 15 is 0 Å². The second-order valence-electron chi connectivity index (χ2n) is 13.9. The zero-order valence-electron chi connectivity index (χ0n) is 28.9. The molecule has 254 valence electrons. The lowest BCUT2D eigenvalue weighted by atomic mass is 9.94. The van der Waals surface area contributed by atoms with Gasteiger partial charge in [-0.15, -0.1) is 0 Å². The van der Waals surface area contributed by atoms with Crippen molar-refractivity contribution in [3.63, 3.8) is 0 Å². The van der Waals surface area contributed by atoms with E-state index in [1.54, 1.807) is 12.0 Å². The Morgan fingerprint density at radius 1 is 0.875 bits per heavy atom. The van der Waals surface area contributed by atoms with Gasteiger partial charge in [-0.1, -0.05) is 63.2 Å². The molecular weight excluding hydrogens is 606 g/mol. The maximum absolute atomic E-state index is 13.3. The van der Waals surface area contributed by atoms with Crippen molar-refractivity contribution < 1.29 is 23.6 Å². The fourth-order valence-corrected chi connectivity index (χ4v) is 7.00. The summed E-state index contributed by atoms with van der Waals surface area (Å²) in [7, 11) is 1.59. The summed E-state index contributed by atoms with van der Waals surface area (Å²) in [5, 5.41) is 7.76. The Balaban J connectivity index is 1.09. The van der Waals surface area contributed by atoms with Crippen molar-refractivity contribution >= 4 is 45.8 Å². The van der Waals surface area contributed by atoms with Crippen LogP contribution in [0, 0.1) is 17.8 Å². The Morgan fingerprint density at radius 2 is 1.54 bits per heavy atom. The number of hydrogen-bond acceptors (Lipinski definition) is 7. The Labute approximate surface area is 282 Å². The third-order valence-corrected chi connectivity index (χ3v) is 10.7. The Morgan fingerprint density at radius 3 is 2.27 bits per heavy atom. The highest BCUT2D eigenvalue weighted by Gasteiger charge is 2.38. The minimum atomic E-state index is -0.557. The number of hydrogen-bond donors (Lipinski definition) is 1. The standard InChI is InChI=1S/C38H47N5O5/c1-22(2)23(3)37(45)42-17-7-9-32(42)31-19-29(21-39-31)27-13-11-26(12-14-27)28-15-16-30-34(20-28)48-41-35(30)40-36(44)33-10-8-18-43(33)38(46)24(4)25(5)47-6/h11-16,20-25,32-33H,7-10,17-19H2,1-6H3,(H,40,41,44)/t23-,24-,25+,32-,33-/m0/s1. The lowest BCUT2D eigenvalue weighted by Gasteiger charge is -2.29. The van der Waals surface area contributed by atoms with Crippen LogP contribution in [-0.2, 0) is 19.1 Å². The SMILES string of the molecule is CO[C@H](C)[C@H](C)C(=O)N1CCC[C@H]1C(=O)Nc1noc2cc(-c3ccc(C4=CN=C([C@@H]5CCCN5C(=O)[C@@H](C)C(C)C)C4)cc3)ccc12. The summed E-state index contributed by atoms with van der Waals surface area (Å²) in [5.74, 6) is 0.217. The summed E-state index contributed by atoms with van der Waals surface area (Å²) in [5.41, 5.74) is 5.90. The average Bonchev–Trinajstić information content (AvgIpc) is 3.93. The lowest BCUT2D eigenvalue weighted by molar-refractivity contribution is -0.143. The molecule has 5 atom stereocenters. The van der Waals surface area contributed by atoms with E-state index in [1.807, 2.05) is 45.2 Å². The summed E-state index contributed by atoms with van der Waals surface area (Å²) < 4.78 is 11.0. The smallest absolute Gasteiger partial charge is 0.248 e. The average molecular weight is 654 g/mol. The van der Waals surface area contributed by atoms with E-state index < -0.39 is 6.04 Å². The van der Waals surface area contributed by atoms with Gasteiger partial charge in [0.15, 0.2) is 11.4 Å². The maximum atomic E-state index is 13.3. The molecule has 6 rings (SSSR count). The van der Waals surface area contributed by atoms with Crippen LogP contribution in [0.2, 0.25) is 0 Å². The van der Waals surface area contributed by atoms with Crippen molar-refractivity contribution in [2.45, 2.75) is 84.9 Å². The first-order valence-electron chi connectivity index (χ1n) is 17.3. The number of allylic oxidation sites excluding steroid dienone is 1. The van der Waals surface area contributed by atoms with Crippen LogP contribution < -0.4 is 5.32 Å². The molecule has 1 aromatic heterocycles. The normalized spacial score (nSPS) is 21.4. The molecule has 2 fully saturated rings. The molecule has 0 aliphatic carbocycles. The highest BCUT2D eigenvalue weighted by Crippen LogP contribution is 2.34.